The highest BCUT2D eigenvalue weighted by molar-refractivity contribution is 9.10. The van der Waals surface area contributed by atoms with E-state index in [2.05, 4.69) is 26.2 Å². The van der Waals surface area contributed by atoms with E-state index < -0.39 is 0 Å². The Bertz CT molecular complexity index is 568. The molecule has 0 spiro atoms. The zero-order valence-corrected chi connectivity index (χ0v) is 11.1. The monoisotopic (exact) mass is 306 g/mol. The van der Waals surface area contributed by atoms with Crippen LogP contribution in [0.3, 0.4) is 0 Å². The molecular formula is C13H11BrN2O2. The average molecular weight is 307 g/mol. The van der Waals surface area contributed by atoms with Crippen LogP contribution in [-0.2, 0) is 4.79 Å². The minimum atomic E-state index is -0.00284. The van der Waals surface area contributed by atoms with Crippen LogP contribution in [0.1, 0.15) is 18.1 Å². The van der Waals surface area contributed by atoms with Gasteiger partial charge in [-0.15, -0.1) is 0 Å². The lowest BCUT2D eigenvalue weighted by Gasteiger charge is -2.03. The van der Waals surface area contributed by atoms with Crippen molar-refractivity contribution in [3.8, 4) is 0 Å². The van der Waals surface area contributed by atoms with Crippen LogP contribution >= 0.6 is 15.9 Å². The number of rotatable bonds is 3. The summed E-state index contributed by atoms with van der Waals surface area (Å²) in [5.41, 5.74) is 0. The summed E-state index contributed by atoms with van der Waals surface area (Å²) < 4.78 is 6.01. The number of pyridine rings is 1. The van der Waals surface area contributed by atoms with Gasteiger partial charge in [0.25, 0.3) is 0 Å². The molecule has 5 heteroatoms. The molecule has 2 aromatic rings. The number of carbonyl (C=O) groups excluding carboxylic acids is 1. The first kappa shape index (κ1) is 11.5. The minimum Gasteiger partial charge on any atom is -0.469 e. The van der Waals surface area contributed by atoms with Gasteiger partial charge in [-0.1, -0.05) is 6.07 Å². The Morgan fingerprint density at radius 1 is 1.39 bits per heavy atom. The highest BCUT2D eigenvalue weighted by Gasteiger charge is 2.45. The van der Waals surface area contributed by atoms with Crippen molar-refractivity contribution in [1.82, 2.24) is 4.98 Å². The first-order chi connectivity index (χ1) is 8.74. The summed E-state index contributed by atoms with van der Waals surface area (Å²) >= 11 is 3.27. The normalized spacial score (nSPS) is 21.6. The Morgan fingerprint density at radius 3 is 3.00 bits per heavy atom. The van der Waals surface area contributed by atoms with Crippen LogP contribution in [-0.4, -0.2) is 10.9 Å². The third kappa shape index (κ3) is 2.31. The van der Waals surface area contributed by atoms with Crippen LogP contribution < -0.4 is 5.32 Å². The Balaban J connectivity index is 1.64. The number of nitrogens with zero attached hydrogens (tertiary/aromatic N) is 1. The molecule has 0 aliphatic heterocycles. The molecule has 0 unspecified atom stereocenters. The zero-order valence-electron chi connectivity index (χ0n) is 9.47. The lowest BCUT2D eigenvalue weighted by molar-refractivity contribution is -0.117. The van der Waals surface area contributed by atoms with Crippen LogP contribution in [0.4, 0.5) is 5.82 Å². The van der Waals surface area contributed by atoms with Gasteiger partial charge < -0.3 is 9.73 Å². The Morgan fingerprint density at radius 2 is 2.28 bits per heavy atom. The maximum atomic E-state index is 12.0. The van der Waals surface area contributed by atoms with Crippen LogP contribution in [0.15, 0.2) is 45.6 Å². The fraction of sp³-hybridized carbons (Fsp3) is 0.231. The van der Waals surface area contributed by atoms with E-state index >= 15 is 0 Å². The molecule has 1 amide bonds. The van der Waals surface area contributed by atoms with E-state index in [1.54, 1.807) is 12.3 Å². The van der Waals surface area contributed by atoms with E-state index in [0.29, 0.717) is 10.4 Å². The van der Waals surface area contributed by atoms with Crippen molar-refractivity contribution in [2.75, 3.05) is 5.32 Å². The van der Waals surface area contributed by atoms with Crippen LogP contribution in [0.2, 0.25) is 0 Å². The number of furan rings is 1. The number of carbonyl (C=O) groups is 1. The maximum absolute atomic E-state index is 12.0. The Labute approximate surface area is 113 Å². The summed E-state index contributed by atoms with van der Waals surface area (Å²) in [4.78, 5) is 16.2. The summed E-state index contributed by atoms with van der Waals surface area (Å²) in [6.07, 6.45) is 2.48. The number of halogens is 1. The van der Waals surface area contributed by atoms with Crippen molar-refractivity contribution in [3.63, 3.8) is 0 Å². The average Bonchev–Trinajstić information content (AvgIpc) is 2.96. The van der Waals surface area contributed by atoms with Gasteiger partial charge in [-0.05, 0) is 46.6 Å². The molecule has 1 N–H and O–H groups in total. The predicted molar refractivity (Wildman–Crippen MR) is 70.1 cm³/mol. The second kappa shape index (κ2) is 4.57. The molecule has 2 aromatic heterocycles. The van der Waals surface area contributed by atoms with Gasteiger partial charge in [0, 0.05) is 11.8 Å². The lowest BCUT2D eigenvalue weighted by atomic mass is 10.2. The van der Waals surface area contributed by atoms with Crippen molar-refractivity contribution in [2.24, 2.45) is 5.92 Å². The van der Waals surface area contributed by atoms with Gasteiger partial charge in [0.05, 0.1) is 6.26 Å². The number of aromatic nitrogens is 1. The molecule has 1 aliphatic rings. The van der Waals surface area contributed by atoms with Crippen LogP contribution in [0.5, 0.6) is 0 Å². The molecule has 2 heterocycles. The third-order valence-corrected chi connectivity index (χ3v) is 3.44. The first-order valence-corrected chi connectivity index (χ1v) is 6.50. The third-order valence-electron chi connectivity index (χ3n) is 3.00. The van der Waals surface area contributed by atoms with Crippen molar-refractivity contribution in [2.45, 2.75) is 12.3 Å². The highest BCUT2D eigenvalue weighted by Crippen LogP contribution is 2.48. The number of nitrogens with one attached hydrogen (secondary N) is 1. The molecule has 3 rings (SSSR count). The summed E-state index contributed by atoms with van der Waals surface area (Å²) in [7, 11) is 0. The van der Waals surface area contributed by atoms with Gasteiger partial charge in [0.2, 0.25) is 5.91 Å². The summed E-state index contributed by atoms with van der Waals surface area (Å²) in [5.74, 6) is 1.67. The number of hydrogen-bond donors (Lipinski definition) is 1. The van der Waals surface area contributed by atoms with Crippen LogP contribution in [0, 0.1) is 5.92 Å². The fourth-order valence-corrected chi connectivity index (χ4v) is 2.34. The van der Waals surface area contributed by atoms with E-state index in [1.165, 1.54) is 0 Å². The molecule has 2 atom stereocenters. The minimum absolute atomic E-state index is 0.00185. The van der Waals surface area contributed by atoms with Gasteiger partial charge >= 0.3 is 0 Å². The highest BCUT2D eigenvalue weighted by atomic mass is 79.9. The summed E-state index contributed by atoms with van der Waals surface area (Å²) in [6, 6.07) is 9.18. The van der Waals surface area contributed by atoms with Crippen LogP contribution in [0.25, 0.3) is 0 Å². The zero-order chi connectivity index (χ0) is 12.5. The second-order valence-electron chi connectivity index (χ2n) is 4.30. The number of hydrogen-bond acceptors (Lipinski definition) is 3. The van der Waals surface area contributed by atoms with E-state index in [0.717, 1.165) is 12.2 Å². The molecule has 1 saturated carbocycles. The predicted octanol–water partition coefficient (Wildman–Crippen LogP) is 3.18. The summed E-state index contributed by atoms with van der Waals surface area (Å²) in [6.45, 7) is 0. The van der Waals surface area contributed by atoms with E-state index in [4.69, 9.17) is 4.42 Å². The van der Waals surface area contributed by atoms with E-state index in [-0.39, 0.29) is 17.7 Å². The smallest absolute Gasteiger partial charge is 0.229 e. The van der Waals surface area contributed by atoms with Gasteiger partial charge in [0.15, 0.2) is 0 Å². The van der Waals surface area contributed by atoms with Crippen molar-refractivity contribution in [1.29, 1.82) is 0 Å². The molecule has 0 bridgehead atoms. The summed E-state index contributed by atoms with van der Waals surface area (Å²) in [5, 5.41) is 2.81. The second-order valence-corrected chi connectivity index (χ2v) is 5.11. The molecule has 1 fully saturated rings. The molecule has 92 valence electrons. The first-order valence-electron chi connectivity index (χ1n) is 5.71. The van der Waals surface area contributed by atoms with Gasteiger partial charge in [-0.3, -0.25) is 4.79 Å². The van der Waals surface area contributed by atoms with E-state index in [1.807, 2.05) is 24.3 Å². The number of amides is 1. The van der Waals surface area contributed by atoms with Crippen molar-refractivity contribution in [3.05, 3.63) is 47.0 Å². The molecular weight excluding hydrogens is 296 g/mol. The van der Waals surface area contributed by atoms with Crippen molar-refractivity contribution < 1.29 is 9.21 Å². The molecule has 0 radical (unpaired) electrons. The van der Waals surface area contributed by atoms with Gasteiger partial charge in [0.1, 0.15) is 16.2 Å². The fourth-order valence-electron chi connectivity index (χ4n) is 2.00. The lowest BCUT2D eigenvalue weighted by Crippen LogP contribution is -2.15. The SMILES string of the molecule is O=C(Nc1cccc(Br)n1)[C@@H]1C[C@H]1c1ccco1. The largest absolute Gasteiger partial charge is 0.469 e. The molecule has 4 nitrogen and oxygen atoms in total. The van der Waals surface area contributed by atoms with Crippen molar-refractivity contribution >= 4 is 27.7 Å². The topological polar surface area (TPSA) is 55.1 Å². The molecule has 0 saturated heterocycles. The Hall–Kier alpha value is -1.62. The quantitative estimate of drug-likeness (QED) is 0.886. The molecule has 0 aromatic carbocycles. The molecule has 1 aliphatic carbocycles. The maximum Gasteiger partial charge on any atom is 0.229 e. The van der Waals surface area contributed by atoms with Gasteiger partial charge in [-0.2, -0.15) is 0 Å². The van der Waals surface area contributed by atoms with Gasteiger partial charge in [-0.25, -0.2) is 4.98 Å². The van der Waals surface area contributed by atoms with E-state index in [9.17, 15) is 4.79 Å². The molecule has 18 heavy (non-hydrogen) atoms. The number of anilines is 1. The Kier molecular flexibility index (Phi) is 2.91. The standard InChI is InChI=1S/C13H11BrN2O2/c14-11-4-1-5-12(15-11)16-13(17)9-7-8(9)10-3-2-6-18-10/h1-6,8-9H,7H2,(H,15,16,17)/t8-,9-/m1/s1.